The number of aryl methyl sites for hydroxylation is 1. The molecule has 116 valence electrons. The molecule has 0 bridgehead atoms. The second-order valence-electron chi connectivity index (χ2n) is 5.23. The second kappa shape index (κ2) is 6.84. The van der Waals surface area contributed by atoms with E-state index in [0.29, 0.717) is 11.5 Å². The minimum atomic E-state index is -0.429. The topological polar surface area (TPSA) is 35.5 Å². The van der Waals surface area contributed by atoms with Gasteiger partial charge in [0.2, 0.25) is 0 Å². The molecule has 3 rings (SSSR count). The van der Waals surface area contributed by atoms with Crippen LogP contribution in [0.5, 0.6) is 11.5 Å². The van der Waals surface area contributed by atoms with E-state index in [1.807, 2.05) is 61.5 Å². The lowest BCUT2D eigenvalue weighted by Crippen LogP contribution is -2.17. The third-order valence-corrected chi connectivity index (χ3v) is 3.88. The van der Waals surface area contributed by atoms with Gasteiger partial charge in [0.1, 0.15) is 11.5 Å². The Morgan fingerprint density at radius 3 is 2.35 bits per heavy atom. The first kappa shape index (κ1) is 15.6. The van der Waals surface area contributed by atoms with Crippen molar-refractivity contribution in [2.75, 3.05) is 6.61 Å². The maximum atomic E-state index is 11.9. The fourth-order valence-corrected chi connectivity index (χ4v) is 2.57. The van der Waals surface area contributed by atoms with Gasteiger partial charge in [-0.25, -0.2) is 4.79 Å². The average molecular weight is 371 g/mol. The molecule has 0 atom stereocenters. The van der Waals surface area contributed by atoms with Crippen LogP contribution in [-0.2, 0) is 4.79 Å². The van der Waals surface area contributed by atoms with Crippen molar-refractivity contribution in [2.45, 2.75) is 6.92 Å². The highest BCUT2D eigenvalue weighted by atomic mass is 79.9. The Bertz CT molecular complexity index is 841. The molecule has 0 saturated carbocycles. The predicted molar refractivity (Wildman–Crippen MR) is 94.0 cm³/mol. The molecule has 0 saturated heterocycles. The number of esters is 1. The van der Waals surface area contributed by atoms with Crippen LogP contribution >= 0.6 is 15.9 Å². The lowest BCUT2D eigenvalue weighted by Gasteiger charge is -2.08. The van der Waals surface area contributed by atoms with Crippen LogP contribution < -0.4 is 9.47 Å². The van der Waals surface area contributed by atoms with Crippen LogP contribution in [0.1, 0.15) is 5.56 Å². The van der Waals surface area contributed by atoms with Crippen molar-refractivity contribution in [2.24, 2.45) is 0 Å². The molecule has 0 aliphatic rings. The highest BCUT2D eigenvalue weighted by Gasteiger charge is 2.07. The molecule has 0 aromatic heterocycles. The first-order valence-electron chi connectivity index (χ1n) is 7.20. The molecule has 0 aliphatic heterocycles. The zero-order valence-corrected chi connectivity index (χ0v) is 14.2. The summed E-state index contributed by atoms with van der Waals surface area (Å²) in [6.45, 7) is 1.87. The standard InChI is InChI=1S/C19H15BrO3/c1-13-2-7-17(8-3-13)22-12-19(21)23-18-9-5-14-10-16(20)6-4-15(14)11-18/h2-11H,12H2,1H3. The molecule has 4 heteroatoms. The number of hydrogen-bond acceptors (Lipinski definition) is 3. The summed E-state index contributed by atoms with van der Waals surface area (Å²) in [6.07, 6.45) is 0. The van der Waals surface area contributed by atoms with E-state index in [9.17, 15) is 4.79 Å². The van der Waals surface area contributed by atoms with Crippen LogP contribution in [0.3, 0.4) is 0 Å². The fraction of sp³-hybridized carbons (Fsp3) is 0.105. The van der Waals surface area contributed by atoms with Crippen molar-refractivity contribution in [3.63, 3.8) is 0 Å². The summed E-state index contributed by atoms with van der Waals surface area (Å²) in [7, 11) is 0. The van der Waals surface area contributed by atoms with Gasteiger partial charge in [-0.2, -0.15) is 0 Å². The summed E-state index contributed by atoms with van der Waals surface area (Å²) in [4.78, 5) is 11.9. The molecular formula is C19H15BrO3. The lowest BCUT2D eigenvalue weighted by molar-refractivity contribution is -0.136. The molecular weight excluding hydrogens is 356 g/mol. The van der Waals surface area contributed by atoms with E-state index in [2.05, 4.69) is 15.9 Å². The molecule has 3 nitrogen and oxygen atoms in total. The number of rotatable bonds is 4. The number of carbonyl (C=O) groups excluding carboxylic acids is 1. The van der Waals surface area contributed by atoms with Crippen LogP contribution in [0, 0.1) is 6.92 Å². The molecule has 0 N–H and O–H groups in total. The zero-order valence-electron chi connectivity index (χ0n) is 12.6. The molecule has 0 heterocycles. The van der Waals surface area contributed by atoms with Gasteiger partial charge in [0, 0.05) is 4.47 Å². The van der Waals surface area contributed by atoms with Crippen LogP contribution in [0.4, 0.5) is 0 Å². The Morgan fingerprint density at radius 1 is 0.913 bits per heavy atom. The third-order valence-electron chi connectivity index (χ3n) is 3.38. The van der Waals surface area contributed by atoms with E-state index in [-0.39, 0.29) is 6.61 Å². The molecule has 0 amide bonds. The van der Waals surface area contributed by atoms with Crippen molar-refractivity contribution in [1.29, 1.82) is 0 Å². The van der Waals surface area contributed by atoms with Gasteiger partial charge in [-0.05, 0) is 54.1 Å². The average Bonchev–Trinajstić information content (AvgIpc) is 2.54. The second-order valence-corrected chi connectivity index (χ2v) is 6.14. The van der Waals surface area contributed by atoms with E-state index in [1.165, 1.54) is 0 Å². The monoisotopic (exact) mass is 370 g/mol. The lowest BCUT2D eigenvalue weighted by atomic mass is 10.1. The molecule has 0 fully saturated rings. The maximum Gasteiger partial charge on any atom is 0.349 e. The highest BCUT2D eigenvalue weighted by Crippen LogP contribution is 2.24. The summed E-state index contributed by atoms with van der Waals surface area (Å²) < 4.78 is 11.8. The van der Waals surface area contributed by atoms with Gasteiger partial charge in [-0.1, -0.05) is 45.8 Å². The molecule has 0 spiro atoms. The number of hydrogen-bond donors (Lipinski definition) is 0. The summed E-state index contributed by atoms with van der Waals surface area (Å²) in [5, 5.41) is 2.09. The summed E-state index contributed by atoms with van der Waals surface area (Å²) >= 11 is 3.44. The quantitative estimate of drug-likeness (QED) is 0.484. The molecule has 23 heavy (non-hydrogen) atoms. The number of fused-ring (bicyclic) bond motifs is 1. The van der Waals surface area contributed by atoms with Gasteiger partial charge in [0.05, 0.1) is 0 Å². The molecule has 3 aromatic rings. The summed E-state index contributed by atoms with van der Waals surface area (Å²) in [5.74, 6) is 0.732. The van der Waals surface area contributed by atoms with Gasteiger partial charge in [0.25, 0.3) is 0 Å². The van der Waals surface area contributed by atoms with Crippen LogP contribution in [0.25, 0.3) is 10.8 Å². The van der Waals surface area contributed by atoms with E-state index in [4.69, 9.17) is 9.47 Å². The Labute approximate surface area is 143 Å². The molecule has 0 aliphatic carbocycles. The van der Waals surface area contributed by atoms with Crippen molar-refractivity contribution in [3.8, 4) is 11.5 Å². The number of carbonyl (C=O) groups is 1. The number of ether oxygens (including phenoxy) is 2. The normalized spacial score (nSPS) is 10.5. The van der Waals surface area contributed by atoms with E-state index < -0.39 is 5.97 Å². The van der Waals surface area contributed by atoms with Crippen molar-refractivity contribution in [1.82, 2.24) is 0 Å². The summed E-state index contributed by atoms with van der Waals surface area (Å²) in [5.41, 5.74) is 1.14. The smallest absolute Gasteiger partial charge is 0.349 e. The minimum absolute atomic E-state index is 0.124. The first-order valence-corrected chi connectivity index (χ1v) is 7.99. The summed E-state index contributed by atoms with van der Waals surface area (Å²) in [6, 6.07) is 19.0. The van der Waals surface area contributed by atoms with Gasteiger partial charge in [-0.3, -0.25) is 0 Å². The fourth-order valence-electron chi connectivity index (χ4n) is 2.20. The van der Waals surface area contributed by atoms with Crippen molar-refractivity contribution in [3.05, 3.63) is 70.7 Å². The van der Waals surface area contributed by atoms with Crippen LogP contribution in [0.15, 0.2) is 65.1 Å². The van der Waals surface area contributed by atoms with E-state index in [0.717, 1.165) is 20.8 Å². The third kappa shape index (κ3) is 4.11. The highest BCUT2D eigenvalue weighted by molar-refractivity contribution is 9.10. The SMILES string of the molecule is Cc1ccc(OCC(=O)Oc2ccc3cc(Br)ccc3c2)cc1. The van der Waals surface area contributed by atoms with Crippen LogP contribution in [-0.4, -0.2) is 12.6 Å². The Morgan fingerprint density at radius 2 is 1.57 bits per heavy atom. The van der Waals surface area contributed by atoms with Gasteiger partial charge < -0.3 is 9.47 Å². The largest absolute Gasteiger partial charge is 0.482 e. The Hall–Kier alpha value is -2.33. The molecule has 3 aromatic carbocycles. The zero-order chi connectivity index (χ0) is 16.2. The number of benzene rings is 3. The van der Waals surface area contributed by atoms with E-state index in [1.54, 1.807) is 6.07 Å². The Kier molecular flexibility index (Phi) is 4.63. The maximum absolute atomic E-state index is 11.9. The number of halogens is 1. The molecule has 0 unspecified atom stereocenters. The van der Waals surface area contributed by atoms with Gasteiger partial charge in [-0.15, -0.1) is 0 Å². The van der Waals surface area contributed by atoms with Gasteiger partial charge in [0.15, 0.2) is 6.61 Å². The van der Waals surface area contributed by atoms with Crippen LogP contribution in [0.2, 0.25) is 0 Å². The Balaban J connectivity index is 1.63. The van der Waals surface area contributed by atoms with Crippen molar-refractivity contribution < 1.29 is 14.3 Å². The first-order chi connectivity index (χ1) is 11.1. The van der Waals surface area contributed by atoms with E-state index >= 15 is 0 Å². The molecule has 0 radical (unpaired) electrons. The van der Waals surface area contributed by atoms with Gasteiger partial charge >= 0.3 is 5.97 Å². The minimum Gasteiger partial charge on any atom is -0.482 e. The van der Waals surface area contributed by atoms with Crippen molar-refractivity contribution >= 4 is 32.7 Å². The predicted octanol–water partition coefficient (Wildman–Crippen LogP) is 4.90.